The van der Waals surface area contributed by atoms with E-state index in [-0.39, 0.29) is 6.04 Å². The van der Waals surface area contributed by atoms with Crippen molar-refractivity contribution in [1.82, 2.24) is 4.37 Å². The molecule has 0 amide bonds. The highest BCUT2D eigenvalue weighted by atomic mass is 32.1. The van der Waals surface area contributed by atoms with Gasteiger partial charge in [0, 0.05) is 4.88 Å². The first kappa shape index (κ1) is 13.2. The Morgan fingerprint density at radius 3 is 2.78 bits per heavy atom. The van der Waals surface area contributed by atoms with Crippen LogP contribution >= 0.6 is 22.9 Å². The van der Waals surface area contributed by atoms with Gasteiger partial charge in [0.2, 0.25) is 0 Å². The summed E-state index contributed by atoms with van der Waals surface area (Å²) < 4.78 is 9.39. The monoisotopic (exact) mass is 283 g/mol. The number of nitrogen functional groups attached to an aromatic ring is 1. The second-order valence-corrected chi connectivity index (χ2v) is 6.06. The average molecular weight is 283 g/mol. The molecule has 0 fully saturated rings. The molecule has 0 saturated carbocycles. The molecule has 98 valence electrons. The zero-order valence-electron chi connectivity index (χ0n) is 10.6. The molecule has 2 rings (SSSR count). The smallest absolute Gasteiger partial charge is 0.197 e. The molecule has 1 atom stereocenters. The summed E-state index contributed by atoms with van der Waals surface area (Å²) in [5.41, 5.74) is 5.76. The predicted molar refractivity (Wildman–Crippen MR) is 78.6 cm³/mol. The van der Waals surface area contributed by atoms with Crippen molar-refractivity contribution in [2.45, 2.75) is 19.9 Å². The second-order valence-electron chi connectivity index (χ2n) is 4.31. The molecule has 3 N–H and O–H groups in total. The molecular weight excluding hydrogens is 266 g/mol. The quantitative estimate of drug-likeness (QED) is 0.880. The Balaban J connectivity index is 2.24. The number of hydrogen-bond donors (Lipinski definition) is 2. The van der Waals surface area contributed by atoms with Crippen molar-refractivity contribution in [2.24, 2.45) is 5.92 Å². The van der Waals surface area contributed by atoms with Crippen LogP contribution < -0.4 is 15.8 Å². The lowest BCUT2D eigenvalue weighted by Crippen LogP contribution is -2.15. The third-order valence-electron chi connectivity index (χ3n) is 2.68. The lowest BCUT2D eigenvalue weighted by Gasteiger charge is -2.21. The molecule has 0 spiro atoms. The molecule has 0 saturated heterocycles. The van der Waals surface area contributed by atoms with Crippen LogP contribution in [0.4, 0.5) is 10.8 Å². The van der Waals surface area contributed by atoms with Gasteiger partial charge in [0.15, 0.2) is 16.6 Å². The summed E-state index contributed by atoms with van der Waals surface area (Å²) in [6.45, 7) is 4.38. The van der Waals surface area contributed by atoms with Crippen LogP contribution in [0.3, 0.4) is 0 Å². The van der Waals surface area contributed by atoms with Crippen molar-refractivity contribution in [3.05, 3.63) is 22.4 Å². The van der Waals surface area contributed by atoms with E-state index in [4.69, 9.17) is 10.5 Å². The molecular formula is C12H17N3OS2. The predicted octanol–water partition coefficient (Wildman–Crippen LogP) is 3.60. The molecule has 0 aliphatic rings. The van der Waals surface area contributed by atoms with Crippen molar-refractivity contribution >= 4 is 33.7 Å². The number of aromatic nitrogens is 1. The molecule has 0 aliphatic carbocycles. The Bertz CT molecular complexity index is 493. The highest BCUT2D eigenvalue weighted by Crippen LogP contribution is 2.39. The van der Waals surface area contributed by atoms with Crippen LogP contribution in [-0.2, 0) is 0 Å². The van der Waals surface area contributed by atoms with E-state index in [1.165, 1.54) is 16.4 Å². The Kier molecular flexibility index (Phi) is 4.08. The Labute approximate surface area is 115 Å². The van der Waals surface area contributed by atoms with Crippen molar-refractivity contribution in [3.8, 4) is 5.75 Å². The number of anilines is 2. The van der Waals surface area contributed by atoms with Crippen molar-refractivity contribution in [3.63, 3.8) is 0 Å². The third-order valence-corrected chi connectivity index (χ3v) is 4.41. The standard InChI is InChI=1S/C12H17N3OS2/c1-7(2)9(8-5-4-6-17-8)14-12-10(16-3)11(13)15-18-12/h4-7,9,14H,1-3H3,(H2,13,15). The van der Waals surface area contributed by atoms with Gasteiger partial charge in [0.05, 0.1) is 13.2 Å². The largest absolute Gasteiger partial charge is 0.490 e. The van der Waals surface area contributed by atoms with E-state index in [0.717, 1.165) is 5.00 Å². The first-order chi connectivity index (χ1) is 8.63. The van der Waals surface area contributed by atoms with E-state index >= 15 is 0 Å². The number of rotatable bonds is 5. The molecule has 0 aromatic carbocycles. The summed E-state index contributed by atoms with van der Waals surface area (Å²) in [4.78, 5) is 1.30. The zero-order valence-corrected chi connectivity index (χ0v) is 12.3. The molecule has 0 aliphatic heterocycles. The Morgan fingerprint density at radius 1 is 1.44 bits per heavy atom. The van der Waals surface area contributed by atoms with Gasteiger partial charge in [0.25, 0.3) is 0 Å². The van der Waals surface area contributed by atoms with Gasteiger partial charge in [-0.3, -0.25) is 0 Å². The maximum atomic E-state index is 5.76. The van der Waals surface area contributed by atoms with Crippen LogP contribution in [0.15, 0.2) is 17.5 Å². The molecule has 2 aromatic heterocycles. The fraction of sp³-hybridized carbons (Fsp3) is 0.417. The summed E-state index contributed by atoms with van der Waals surface area (Å²) in [5.74, 6) is 1.55. The van der Waals surface area contributed by atoms with Crippen molar-refractivity contribution < 1.29 is 4.74 Å². The maximum Gasteiger partial charge on any atom is 0.197 e. The minimum atomic E-state index is 0.249. The third kappa shape index (κ3) is 2.59. The van der Waals surface area contributed by atoms with Gasteiger partial charge in [-0.2, -0.15) is 4.37 Å². The summed E-state index contributed by atoms with van der Waals surface area (Å²) in [7, 11) is 1.61. The first-order valence-corrected chi connectivity index (χ1v) is 7.37. The molecule has 2 aromatic rings. The lowest BCUT2D eigenvalue weighted by atomic mass is 10.0. The fourth-order valence-corrected chi connectivity index (χ4v) is 3.43. The van der Waals surface area contributed by atoms with Gasteiger partial charge < -0.3 is 15.8 Å². The number of nitrogens with zero attached hydrogens (tertiary/aromatic N) is 1. The zero-order chi connectivity index (χ0) is 13.1. The number of thiophene rings is 1. The van der Waals surface area contributed by atoms with Gasteiger partial charge in [-0.15, -0.1) is 11.3 Å². The van der Waals surface area contributed by atoms with E-state index in [0.29, 0.717) is 17.5 Å². The van der Waals surface area contributed by atoms with Gasteiger partial charge in [-0.05, 0) is 28.9 Å². The van der Waals surface area contributed by atoms with Crippen LogP contribution in [0.2, 0.25) is 0 Å². The number of nitrogens with one attached hydrogen (secondary N) is 1. The van der Waals surface area contributed by atoms with Crippen LogP contribution in [0.5, 0.6) is 5.75 Å². The maximum absolute atomic E-state index is 5.76. The molecule has 18 heavy (non-hydrogen) atoms. The number of methoxy groups -OCH3 is 1. The van der Waals surface area contributed by atoms with Gasteiger partial charge in [-0.1, -0.05) is 19.9 Å². The number of ether oxygens (including phenoxy) is 1. The minimum Gasteiger partial charge on any atom is -0.490 e. The molecule has 0 bridgehead atoms. The van der Waals surface area contributed by atoms with Gasteiger partial charge in [0.1, 0.15) is 0 Å². The lowest BCUT2D eigenvalue weighted by molar-refractivity contribution is 0.418. The van der Waals surface area contributed by atoms with E-state index in [2.05, 4.69) is 41.1 Å². The molecule has 6 heteroatoms. The molecule has 0 radical (unpaired) electrons. The summed E-state index contributed by atoms with van der Waals surface area (Å²) in [6.07, 6.45) is 0. The molecule has 2 heterocycles. The average Bonchev–Trinajstić information content (AvgIpc) is 2.95. The fourth-order valence-electron chi connectivity index (χ4n) is 1.76. The highest BCUT2D eigenvalue weighted by molar-refractivity contribution is 7.11. The normalized spacial score (nSPS) is 12.7. The van der Waals surface area contributed by atoms with Gasteiger partial charge >= 0.3 is 0 Å². The topological polar surface area (TPSA) is 60.2 Å². The minimum absolute atomic E-state index is 0.249. The van der Waals surface area contributed by atoms with Gasteiger partial charge in [-0.25, -0.2) is 0 Å². The summed E-state index contributed by atoms with van der Waals surface area (Å²) in [6, 6.07) is 4.45. The molecule has 1 unspecified atom stereocenters. The van der Waals surface area contributed by atoms with Crippen LogP contribution in [0.1, 0.15) is 24.8 Å². The Hall–Kier alpha value is -1.27. The van der Waals surface area contributed by atoms with Crippen LogP contribution in [0.25, 0.3) is 0 Å². The second kappa shape index (κ2) is 5.58. The summed E-state index contributed by atoms with van der Waals surface area (Å²) >= 11 is 3.09. The number of nitrogens with two attached hydrogens (primary N) is 1. The van der Waals surface area contributed by atoms with E-state index in [1.807, 2.05) is 0 Å². The van der Waals surface area contributed by atoms with Crippen LogP contribution in [-0.4, -0.2) is 11.5 Å². The Morgan fingerprint density at radius 2 is 2.22 bits per heavy atom. The van der Waals surface area contributed by atoms with Crippen LogP contribution in [0, 0.1) is 5.92 Å². The van der Waals surface area contributed by atoms with E-state index < -0.39 is 0 Å². The van der Waals surface area contributed by atoms with Crippen molar-refractivity contribution in [2.75, 3.05) is 18.2 Å². The van der Waals surface area contributed by atoms with E-state index in [9.17, 15) is 0 Å². The van der Waals surface area contributed by atoms with E-state index in [1.54, 1.807) is 18.4 Å². The summed E-state index contributed by atoms with van der Waals surface area (Å²) in [5, 5.41) is 6.46. The number of hydrogen-bond acceptors (Lipinski definition) is 6. The first-order valence-electron chi connectivity index (χ1n) is 5.72. The highest BCUT2D eigenvalue weighted by Gasteiger charge is 2.21. The SMILES string of the molecule is COc1c(N)nsc1NC(c1cccs1)C(C)C. The van der Waals surface area contributed by atoms with Crippen molar-refractivity contribution in [1.29, 1.82) is 0 Å². The molecule has 4 nitrogen and oxygen atoms in total.